The number of urea groups is 1. The summed E-state index contributed by atoms with van der Waals surface area (Å²) < 4.78 is 0. The van der Waals surface area contributed by atoms with Crippen LogP contribution in [0, 0.1) is 5.92 Å². The number of hydrogen-bond acceptors (Lipinski definition) is 5. The van der Waals surface area contributed by atoms with Gasteiger partial charge in [-0.05, 0) is 30.7 Å². The van der Waals surface area contributed by atoms with Crippen molar-refractivity contribution < 1.29 is 4.79 Å². The second-order valence-corrected chi connectivity index (χ2v) is 9.83. The van der Waals surface area contributed by atoms with Crippen LogP contribution in [0.1, 0.15) is 49.4 Å². The standard InChI is InChI=1S/C21H31N5OS/c1-13(2)18-22-19(25-8-10-26(11-9-25)21(27)24(4)5)17-15-7-6-14(3)12-16(15)28-20(17)23-18/h13-14H,6-12H2,1-5H3/t14-/m1/s1. The molecule has 152 valence electrons. The molecule has 0 unspecified atom stereocenters. The highest BCUT2D eigenvalue weighted by molar-refractivity contribution is 7.19. The summed E-state index contributed by atoms with van der Waals surface area (Å²) in [5.41, 5.74) is 1.48. The molecule has 4 rings (SSSR count). The lowest BCUT2D eigenvalue weighted by Gasteiger charge is -2.37. The summed E-state index contributed by atoms with van der Waals surface area (Å²) in [6.45, 7) is 9.79. The van der Waals surface area contributed by atoms with E-state index in [2.05, 4.69) is 25.7 Å². The number of hydrogen-bond donors (Lipinski definition) is 0. The Kier molecular flexibility index (Phi) is 5.21. The molecule has 7 heteroatoms. The third-order valence-corrected chi connectivity index (χ3v) is 7.05. The maximum absolute atomic E-state index is 12.3. The maximum atomic E-state index is 12.3. The first-order valence-corrected chi connectivity index (χ1v) is 11.2. The van der Waals surface area contributed by atoms with Gasteiger partial charge in [0.05, 0.1) is 5.39 Å². The Morgan fingerprint density at radius 1 is 1.18 bits per heavy atom. The quantitative estimate of drug-likeness (QED) is 0.769. The Balaban J connectivity index is 1.71. The summed E-state index contributed by atoms with van der Waals surface area (Å²) in [6, 6.07) is 0.0947. The van der Waals surface area contributed by atoms with Crippen LogP contribution in [0.15, 0.2) is 0 Å². The van der Waals surface area contributed by atoms with Crippen molar-refractivity contribution in [3.05, 3.63) is 16.3 Å². The lowest BCUT2D eigenvalue weighted by atomic mass is 9.89. The molecule has 0 saturated carbocycles. The Bertz CT molecular complexity index is 883. The van der Waals surface area contributed by atoms with Crippen LogP contribution in [0.25, 0.3) is 10.2 Å². The topological polar surface area (TPSA) is 52.6 Å². The van der Waals surface area contributed by atoms with Gasteiger partial charge in [-0.3, -0.25) is 0 Å². The molecule has 3 heterocycles. The number of anilines is 1. The molecular weight excluding hydrogens is 370 g/mol. The summed E-state index contributed by atoms with van der Waals surface area (Å²) in [6.07, 6.45) is 3.54. The number of piperazine rings is 1. The number of aromatic nitrogens is 2. The molecule has 2 aromatic rings. The molecule has 6 nitrogen and oxygen atoms in total. The van der Waals surface area contributed by atoms with Gasteiger partial charge in [-0.1, -0.05) is 20.8 Å². The summed E-state index contributed by atoms with van der Waals surface area (Å²) in [7, 11) is 3.63. The monoisotopic (exact) mass is 401 g/mol. The Morgan fingerprint density at radius 3 is 2.54 bits per heavy atom. The van der Waals surface area contributed by atoms with Gasteiger partial charge in [-0.2, -0.15) is 0 Å². The Morgan fingerprint density at radius 2 is 1.89 bits per heavy atom. The first-order valence-electron chi connectivity index (χ1n) is 10.4. The molecule has 1 aliphatic heterocycles. The van der Waals surface area contributed by atoms with Crippen LogP contribution in [0.5, 0.6) is 0 Å². The summed E-state index contributed by atoms with van der Waals surface area (Å²) in [5.74, 6) is 3.08. The lowest BCUT2D eigenvalue weighted by molar-refractivity contribution is 0.168. The molecule has 0 aromatic carbocycles. The van der Waals surface area contributed by atoms with Crippen LogP contribution in [-0.2, 0) is 12.8 Å². The first kappa shape index (κ1) is 19.4. The predicted molar refractivity (Wildman–Crippen MR) is 116 cm³/mol. The minimum absolute atomic E-state index is 0.0947. The van der Waals surface area contributed by atoms with Crippen molar-refractivity contribution in [3.63, 3.8) is 0 Å². The molecule has 28 heavy (non-hydrogen) atoms. The van der Waals surface area contributed by atoms with Crippen molar-refractivity contribution in [1.82, 2.24) is 19.8 Å². The molecule has 0 N–H and O–H groups in total. The fourth-order valence-corrected chi connectivity index (χ4v) is 5.60. The zero-order valence-electron chi connectivity index (χ0n) is 17.7. The molecule has 1 fully saturated rings. The number of amides is 2. The van der Waals surface area contributed by atoms with E-state index in [9.17, 15) is 4.79 Å². The van der Waals surface area contributed by atoms with Crippen LogP contribution in [0.2, 0.25) is 0 Å². The van der Waals surface area contributed by atoms with Crippen molar-refractivity contribution in [3.8, 4) is 0 Å². The number of nitrogens with zero attached hydrogens (tertiary/aromatic N) is 5. The van der Waals surface area contributed by atoms with E-state index in [1.807, 2.05) is 30.3 Å². The van der Waals surface area contributed by atoms with Crippen LogP contribution >= 0.6 is 11.3 Å². The van der Waals surface area contributed by atoms with E-state index in [1.165, 1.54) is 22.2 Å². The van der Waals surface area contributed by atoms with E-state index in [0.717, 1.165) is 61.4 Å². The number of thiophene rings is 1. The molecule has 2 aliphatic rings. The second-order valence-electron chi connectivity index (χ2n) is 8.74. The van der Waals surface area contributed by atoms with E-state index in [-0.39, 0.29) is 6.03 Å². The van der Waals surface area contributed by atoms with Gasteiger partial charge in [0.25, 0.3) is 0 Å². The molecule has 1 saturated heterocycles. The zero-order chi connectivity index (χ0) is 20.0. The van der Waals surface area contributed by atoms with Crippen LogP contribution in [0.3, 0.4) is 0 Å². The van der Waals surface area contributed by atoms with Crippen molar-refractivity contribution in [2.75, 3.05) is 45.2 Å². The van der Waals surface area contributed by atoms with Crippen LogP contribution in [-0.4, -0.2) is 66.1 Å². The number of fused-ring (bicyclic) bond motifs is 3. The molecule has 2 aromatic heterocycles. The highest BCUT2D eigenvalue weighted by atomic mass is 32.1. The first-order chi connectivity index (χ1) is 13.3. The van der Waals surface area contributed by atoms with E-state index >= 15 is 0 Å². The molecule has 2 amide bonds. The maximum Gasteiger partial charge on any atom is 0.319 e. The van der Waals surface area contributed by atoms with Crippen LogP contribution < -0.4 is 4.90 Å². The predicted octanol–water partition coefficient (Wildman–Crippen LogP) is 3.74. The Hall–Kier alpha value is -1.89. The minimum Gasteiger partial charge on any atom is -0.352 e. The normalized spacial score (nSPS) is 20.0. The summed E-state index contributed by atoms with van der Waals surface area (Å²) in [4.78, 5) is 30.9. The van der Waals surface area contributed by atoms with Crippen molar-refractivity contribution in [2.45, 2.75) is 46.0 Å². The van der Waals surface area contributed by atoms with Gasteiger partial charge in [0, 0.05) is 51.1 Å². The SMILES string of the molecule is CC(C)c1nc(N2CCN(C(=O)N(C)C)CC2)c2c3c(sc2n1)C[C@H](C)CC3. The molecular formula is C21H31N5OS. The third kappa shape index (κ3) is 3.45. The van der Waals surface area contributed by atoms with Gasteiger partial charge < -0.3 is 14.7 Å². The number of aryl methyl sites for hydroxylation is 1. The zero-order valence-corrected chi connectivity index (χ0v) is 18.5. The molecule has 0 radical (unpaired) electrons. The largest absolute Gasteiger partial charge is 0.352 e. The molecule has 1 atom stereocenters. The third-order valence-electron chi connectivity index (χ3n) is 5.90. The molecule has 1 aliphatic carbocycles. The average Bonchev–Trinajstić information content (AvgIpc) is 3.03. The fraction of sp³-hybridized carbons (Fsp3) is 0.667. The van der Waals surface area contributed by atoms with E-state index < -0.39 is 0 Å². The van der Waals surface area contributed by atoms with Gasteiger partial charge >= 0.3 is 6.03 Å². The van der Waals surface area contributed by atoms with E-state index in [4.69, 9.17) is 9.97 Å². The highest BCUT2D eigenvalue weighted by Crippen LogP contribution is 2.41. The minimum atomic E-state index is 0.0947. The number of carbonyl (C=O) groups excluding carboxylic acids is 1. The summed E-state index contributed by atoms with van der Waals surface area (Å²) >= 11 is 1.87. The Labute approximate surface area is 171 Å². The van der Waals surface area contributed by atoms with Crippen molar-refractivity contribution in [2.24, 2.45) is 5.92 Å². The van der Waals surface area contributed by atoms with Gasteiger partial charge in [0.2, 0.25) is 0 Å². The molecule has 0 spiro atoms. The van der Waals surface area contributed by atoms with Gasteiger partial charge in [0.1, 0.15) is 16.5 Å². The van der Waals surface area contributed by atoms with Crippen LogP contribution in [0.4, 0.5) is 10.6 Å². The van der Waals surface area contributed by atoms with E-state index in [1.54, 1.807) is 4.90 Å². The highest BCUT2D eigenvalue weighted by Gasteiger charge is 2.29. The fourth-order valence-electron chi connectivity index (χ4n) is 4.22. The van der Waals surface area contributed by atoms with Gasteiger partial charge in [0.15, 0.2) is 0 Å². The number of rotatable bonds is 2. The van der Waals surface area contributed by atoms with Crippen molar-refractivity contribution in [1.29, 1.82) is 0 Å². The van der Waals surface area contributed by atoms with E-state index in [0.29, 0.717) is 5.92 Å². The summed E-state index contributed by atoms with van der Waals surface area (Å²) in [5, 5.41) is 1.28. The lowest BCUT2D eigenvalue weighted by Crippen LogP contribution is -2.51. The van der Waals surface area contributed by atoms with Gasteiger partial charge in [-0.25, -0.2) is 14.8 Å². The second kappa shape index (κ2) is 7.50. The molecule has 0 bridgehead atoms. The number of carbonyl (C=O) groups is 1. The van der Waals surface area contributed by atoms with Gasteiger partial charge in [-0.15, -0.1) is 11.3 Å². The van der Waals surface area contributed by atoms with Crippen molar-refractivity contribution >= 4 is 33.4 Å². The average molecular weight is 402 g/mol. The smallest absolute Gasteiger partial charge is 0.319 e.